The van der Waals surface area contributed by atoms with Crippen molar-refractivity contribution >= 4 is 0 Å². The third-order valence-electron chi connectivity index (χ3n) is 2.66. The molecule has 0 radical (unpaired) electrons. The van der Waals surface area contributed by atoms with Crippen LogP contribution in [-0.4, -0.2) is 23.9 Å². The number of aliphatic hydroxyl groups is 1. The molecule has 1 rings (SSSR count). The summed E-state index contributed by atoms with van der Waals surface area (Å²) in [7, 11) is 0. The number of nitrogens with zero attached hydrogens (tertiary/aromatic N) is 1. The Kier molecular flexibility index (Phi) is 2.41. The molecule has 1 N–H and O–H groups in total. The van der Waals surface area contributed by atoms with Crippen molar-refractivity contribution in [1.29, 1.82) is 5.26 Å². The van der Waals surface area contributed by atoms with Crippen molar-refractivity contribution in [2.24, 2.45) is 5.41 Å². The summed E-state index contributed by atoms with van der Waals surface area (Å²) in [6.07, 6.45) is 1.50. The van der Waals surface area contributed by atoms with E-state index in [9.17, 15) is 5.11 Å². The van der Waals surface area contributed by atoms with Gasteiger partial charge in [0, 0.05) is 6.61 Å². The SMILES string of the molecule is CC(C)(C#N)C1(O)CCCOC1. The van der Waals surface area contributed by atoms with E-state index in [1.54, 1.807) is 13.8 Å². The van der Waals surface area contributed by atoms with Crippen molar-refractivity contribution in [3.8, 4) is 6.07 Å². The number of nitriles is 1. The zero-order valence-corrected chi connectivity index (χ0v) is 7.63. The van der Waals surface area contributed by atoms with Gasteiger partial charge in [0.05, 0.1) is 18.1 Å². The summed E-state index contributed by atoms with van der Waals surface area (Å²) in [6.45, 7) is 4.49. The molecule has 3 nitrogen and oxygen atoms in total. The molecule has 1 saturated heterocycles. The molecule has 0 amide bonds. The molecule has 1 heterocycles. The van der Waals surface area contributed by atoms with Crippen LogP contribution in [0.5, 0.6) is 0 Å². The van der Waals surface area contributed by atoms with E-state index in [4.69, 9.17) is 10.00 Å². The summed E-state index contributed by atoms with van der Waals surface area (Å²) in [5.74, 6) is 0. The summed E-state index contributed by atoms with van der Waals surface area (Å²) in [5.41, 5.74) is -1.67. The van der Waals surface area contributed by atoms with Gasteiger partial charge in [0.1, 0.15) is 5.60 Å². The first-order valence-corrected chi connectivity index (χ1v) is 4.23. The van der Waals surface area contributed by atoms with Gasteiger partial charge in [-0.2, -0.15) is 5.26 Å². The number of hydrogen-bond donors (Lipinski definition) is 1. The first kappa shape index (κ1) is 9.50. The lowest BCUT2D eigenvalue weighted by Gasteiger charge is -2.40. The lowest BCUT2D eigenvalue weighted by molar-refractivity contribution is -0.132. The standard InChI is InChI=1S/C9H15NO2/c1-8(2,6-10)9(11)4-3-5-12-7-9/h11H,3-5,7H2,1-2H3. The van der Waals surface area contributed by atoms with Crippen molar-refractivity contribution in [1.82, 2.24) is 0 Å². The molecule has 1 aliphatic heterocycles. The van der Waals surface area contributed by atoms with Gasteiger partial charge in [-0.15, -0.1) is 0 Å². The Balaban J connectivity index is 2.76. The lowest BCUT2D eigenvalue weighted by Crippen LogP contribution is -2.50. The molecule has 0 spiro atoms. The highest BCUT2D eigenvalue weighted by Gasteiger charge is 2.45. The fraction of sp³-hybridized carbons (Fsp3) is 0.889. The van der Waals surface area contributed by atoms with Crippen LogP contribution in [0, 0.1) is 16.7 Å². The second kappa shape index (κ2) is 3.04. The summed E-state index contributed by atoms with van der Waals surface area (Å²) in [4.78, 5) is 0. The van der Waals surface area contributed by atoms with E-state index < -0.39 is 11.0 Å². The molecule has 3 heteroatoms. The van der Waals surface area contributed by atoms with Gasteiger partial charge in [0.25, 0.3) is 0 Å². The van der Waals surface area contributed by atoms with Gasteiger partial charge in [0.15, 0.2) is 0 Å². The molecular weight excluding hydrogens is 154 g/mol. The Hall–Kier alpha value is -0.590. The zero-order valence-electron chi connectivity index (χ0n) is 7.63. The largest absolute Gasteiger partial charge is 0.386 e. The lowest BCUT2D eigenvalue weighted by atomic mass is 9.73. The van der Waals surface area contributed by atoms with Gasteiger partial charge in [-0.05, 0) is 26.7 Å². The maximum absolute atomic E-state index is 10.1. The van der Waals surface area contributed by atoms with Crippen LogP contribution in [0.3, 0.4) is 0 Å². The molecule has 0 aromatic carbocycles. The summed E-state index contributed by atoms with van der Waals surface area (Å²) in [5, 5.41) is 18.9. The van der Waals surface area contributed by atoms with Crippen LogP contribution < -0.4 is 0 Å². The summed E-state index contributed by atoms with van der Waals surface area (Å²) in [6, 6.07) is 2.12. The minimum absolute atomic E-state index is 0.285. The van der Waals surface area contributed by atoms with Gasteiger partial charge in [-0.25, -0.2) is 0 Å². The monoisotopic (exact) mass is 169 g/mol. The molecule has 1 atom stereocenters. The third-order valence-corrected chi connectivity index (χ3v) is 2.66. The van der Waals surface area contributed by atoms with Crippen LogP contribution in [0.4, 0.5) is 0 Å². The molecule has 1 unspecified atom stereocenters. The third kappa shape index (κ3) is 1.45. The maximum atomic E-state index is 10.1. The average molecular weight is 169 g/mol. The van der Waals surface area contributed by atoms with Gasteiger partial charge in [-0.3, -0.25) is 0 Å². The summed E-state index contributed by atoms with van der Waals surface area (Å²) < 4.78 is 5.17. The van der Waals surface area contributed by atoms with Crippen molar-refractivity contribution in [3.63, 3.8) is 0 Å². The van der Waals surface area contributed by atoms with E-state index in [2.05, 4.69) is 6.07 Å². The first-order chi connectivity index (χ1) is 5.52. The normalized spacial score (nSPS) is 31.2. The molecule has 1 aliphatic rings. The number of rotatable bonds is 1. The predicted octanol–water partition coefficient (Wildman–Crippen LogP) is 1.08. The highest BCUT2D eigenvalue weighted by atomic mass is 16.5. The Morgan fingerprint density at radius 2 is 2.25 bits per heavy atom. The van der Waals surface area contributed by atoms with Gasteiger partial charge < -0.3 is 9.84 Å². The summed E-state index contributed by atoms with van der Waals surface area (Å²) >= 11 is 0. The van der Waals surface area contributed by atoms with E-state index in [1.165, 1.54) is 0 Å². The van der Waals surface area contributed by atoms with Crippen LogP contribution in [0.1, 0.15) is 26.7 Å². The van der Waals surface area contributed by atoms with Crippen molar-refractivity contribution < 1.29 is 9.84 Å². The molecule has 0 saturated carbocycles. The second-order valence-corrected chi connectivity index (χ2v) is 3.92. The van der Waals surface area contributed by atoms with Gasteiger partial charge >= 0.3 is 0 Å². The molecular formula is C9H15NO2. The fourth-order valence-corrected chi connectivity index (χ4v) is 1.38. The van der Waals surface area contributed by atoms with Crippen molar-refractivity contribution in [2.75, 3.05) is 13.2 Å². The van der Waals surface area contributed by atoms with Crippen LogP contribution in [0.15, 0.2) is 0 Å². The number of hydrogen-bond acceptors (Lipinski definition) is 3. The molecule has 68 valence electrons. The highest BCUT2D eigenvalue weighted by Crippen LogP contribution is 2.36. The molecule has 12 heavy (non-hydrogen) atoms. The van der Waals surface area contributed by atoms with E-state index in [0.717, 1.165) is 6.42 Å². The minimum atomic E-state index is -0.958. The Bertz CT molecular complexity index is 199. The fourth-order valence-electron chi connectivity index (χ4n) is 1.38. The topological polar surface area (TPSA) is 53.2 Å². The van der Waals surface area contributed by atoms with Gasteiger partial charge in [0.2, 0.25) is 0 Å². The zero-order chi connectivity index (χ0) is 9.24. The van der Waals surface area contributed by atoms with Crippen LogP contribution in [0.2, 0.25) is 0 Å². The molecule has 1 fully saturated rings. The molecule has 0 aromatic heterocycles. The van der Waals surface area contributed by atoms with Crippen LogP contribution in [0.25, 0.3) is 0 Å². The first-order valence-electron chi connectivity index (χ1n) is 4.23. The van der Waals surface area contributed by atoms with Crippen LogP contribution in [-0.2, 0) is 4.74 Å². The van der Waals surface area contributed by atoms with Gasteiger partial charge in [-0.1, -0.05) is 0 Å². The van der Waals surface area contributed by atoms with E-state index >= 15 is 0 Å². The quantitative estimate of drug-likeness (QED) is 0.639. The smallest absolute Gasteiger partial charge is 0.106 e. The van der Waals surface area contributed by atoms with E-state index in [1.807, 2.05) is 0 Å². The Labute approximate surface area is 73.0 Å². The second-order valence-electron chi connectivity index (χ2n) is 3.92. The number of ether oxygens (including phenoxy) is 1. The Morgan fingerprint density at radius 3 is 2.67 bits per heavy atom. The molecule has 0 bridgehead atoms. The maximum Gasteiger partial charge on any atom is 0.106 e. The molecule has 0 aliphatic carbocycles. The highest BCUT2D eigenvalue weighted by molar-refractivity contribution is 5.07. The molecule has 0 aromatic rings. The van der Waals surface area contributed by atoms with E-state index in [-0.39, 0.29) is 6.61 Å². The van der Waals surface area contributed by atoms with E-state index in [0.29, 0.717) is 13.0 Å². The van der Waals surface area contributed by atoms with Crippen LogP contribution >= 0.6 is 0 Å². The van der Waals surface area contributed by atoms with Crippen molar-refractivity contribution in [3.05, 3.63) is 0 Å². The Morgan fingerprint density at radius 1 is 1.58 bits per heavy atom. The van der Waals surface area contributed by atoms with Crippen molar-refractivity contribution in [2.45, 2.75) is 32.3 Å². The predicted molar refractivity (Wildman–Crippen MR) is 44.4 cm³/mol. The average Bonchev–Trinajstić information content (AvgIpc) is 2.06. The minimum Gasteiger partial charge on any atom is -0.386 e.